The maximum atomic E-state index is 13.1. The highest BCUT2D eigenvalue weighted by molar-refractivity contribution is 5.87. The first-order chi connectivity index (χ1) is 21.8. The molecule has 7 nitrogen and oxygen atoms in total. The topological polar surface area (TPSA) is 113 Å². The second-order valence-corrected chi connectivity index (χ2v) is 17.9. The maximum absolute atomic E-state index is 13.1. The van der Waals surface area contributed by atoms with Gasteiger partial charge in [-0.15, -0.1) is 0 Å². The van der Waals surface area contributed by atoms with Crippen molar-refractivity contribution in [1.82, 2.24) is 0 Å². The fourth-order valence-electron chi connectivity index (χ4n) is 12.1. The highest BCUT2D eigenvalue weighted by Gasteiger charge is 2.70. The summed E-state index contributed by atoms with van der Waals surface area (Å²) in [6.45, 7) is 16.2. The largest absolute Gasteiger partial charge is 0.504 e. The number of methoxy groups -OCH3 is 1. The number of hydrogen-bond acceptors (Lipinski definition) is 6. The molecule has 1 aromatic rings. The predicted molar refractivity (Wildman–Crippen MR) is 182 cm³/mol. The number of hydrogen-bond donors (Lipinski definition) is 3. The van der Waals surface area contributed by atoms with Crippen molar-refractivity contribution in [2.24, 2.45) is 50.2 Å². The van der Waals surface area contributed by atoms with Crippen LogP contribution in [-0.4, -0.2) is 46.6 Å². The molecule has 47 heavy (non-hydrogen) atoms. The van der Waals surface area contributed by atoms with Crippen molar-refractivity contribution < 1.29 is 34.4 Å². The van der Waals surface area contributed by atoms with Crippen LogP contribution in [0.1, 0.15) is 112 Å². The van der Waals surface area contributed by atoms with Crippen LogP contribution in [0.5, 0.6) is 11.5 Å². The Morgan fingerprint density at radius 1 is 0.936 bits per heavy atom. The van der Waals surface area contributed by atoms with Crippen LogP contribution in [0.2, 0.25) is 0 Å². The average Bonchev–Trinajstić information content (AvgIpc) is 2.98. The summed E-state index contributed by atoms with van der Waals surface area (Å²) < 4.78 is 11.3. The molecule has 5 aliphatic rings. The third-order valence-electron chi connectivity index (χ3n) is 14.8. The number of carbonyl (C=O) groups excluding carboxylic acids is 1. The Morgan fingerprint density at radius 2 is 1.64 bits per heavy atom. The normalized spacial score (nSPS) is 41.8. The van der Waals surface area contributed by atoms with Crippen molar-refractivity contribution in [2.45, 2.75) is 118 Å². The van der Waals surface area contributed by atoms with E-state index in [0.29, 0.717) is 23.7 Å². The number of phenols is 1. The summed E-state index contributed by atoms with van der Waals surface area (Å²) in [4.78, 5) is 26.1. The molecule has 4 saturated carbocycles. The van der Waals surface area contributed by atoms with Crippen LogP contribution in [0.15, 0.2) is 35.9 Å². The fraction of sp³-hybridized carbons (Fsp3) is 0.700. The van der Waals surface area contributed by atoms with Gasteiger partial charge in [0.05, 0.1) is 18.6 Å². The molecule has 3 N–H and O–H groups in total. The molecule has 0 heterocycles. The van der Waals surface area contributed by atoms with Crippen LogP contribution in [0.4, 0.5) is 0 Å². The molecular weight excluding hydrogens is 592 g/mol. The molecule has 0 saturated heterocycles. The molecule has 4 fully saturated rings. The van der Waals surface area contributed by atoms with Gasteiger partial charge in [-0.3, -0.25) is 4.79 Å². The molecule has 7 heteroatoms. The van der Waals surface area contributed by atoms with E-state index in [4.69, 9.17) is 9.47 Å². The molecule has 5 aliphatic carbocycles. The van der Waals surface area contributed by atoms with E-state index in [9.17, 15) is 24.9 Å². The summed E-state index contributed by atoms with van der Waals surface area (Å²) in [5.74, 6) is -0.128. The molecule has 0 bridgehead atoms. The number of benzene rings is 1. The van der Waals surface area contributed by atoms with E-state index in [1.807, 2.05) is 0 Å². The third kappa shape index (κ3) is 4.99. The van der Waals surface area contributed by atoms with E-state index >= 15 is 0 Å². The molecule has 9 unspecified atom stereocenters. The molecule has 9 atom stereocenters. The zero-order chi connectivity index (χ0) is 34.4. The number of aliphatic hydroxyl groups is 1. The van der Waals surface area contributed by atoms with Crippen LogP contribution >= 0.6 is 0 Å². The summed E-state index contributed by atoms with van der Waals surface area (Å²) in [5, 5.41) is 32.3. The number of carboxylic acids is 1. The first-order valence-electron chi connectivity index (χ1n) is 17.7. The standard InChI is InChI=1S/C40H56O7/c1-35(2)17-19-40(34(44)45)20-18-38(6)25(26(40)22-35)11-13-31-37(5)23-28(42)33(36(3,4)30(37)15-16-39(31,38)7)47-32(43)14-10-24-9-12-27(41)29(21-24)46-8/h9-12,14,21,26,28,30-31,33,41-42H,13,15-20,22-23H2,1-8H3,(H,44,45). The van der Waals surface area contributed by atoms with Gasteiger partial charge in [-0.1, -0.05) is 66.2 Å². The van der Waals surface area contributed by atoms with Crippen molar-refractivity contribution in [1.29, 1.82) is 0 Å². The van der Waals surface area contributed by atoms with Crippen LogP contribution in [0.3, 0.4) is 0 Å². The number of aromatic hydroxyl groups is 1. The second kappa shape index (κ2) is 11.1. The lowest BCUT2D eigenvalue weighted by atomic mass is 9.33. The quantitative estimate of drug-likeness (QED) is 0.168. The van der Waals surface area contributed by atoms with Gasteiger partial charge in [-0.25, -0.2) is 4.79 Å². The molecular formula is C40H56O7. The number of aliphatic carboxylic acids is 1. The van der Waals surface area contributed by atoms with Gasteiger partial charge in [0, 0.05) is 11.5 Å². The number of carboxylic acid groups (broad SMARTS) is 1. The molecule has 0 spiro atoms. The minimum absolute atomic E-state index is 0.0260. The molecule has 258 valence electrons. The number of aliphatic hydroxyl groups excluding tert-OH is 1. The van der Waals surface area contributed by atoms with E-state index < -0.39 is 35.0 Å². The summed E-state index contributed by atoms with van der Waals surface area (Å²) in [6.07, 6.45) is 11.7. The first-order valence-corrected chi connectivity index (χ1v) is 17.7. The molecule has 0 aliphatic heterocycles. The Balaban J connectivity index is 1.27. The molecule has 0 aromatic heterocycles. The molecule has 0 amide bonds. The lowest BCUT2D eigenvalue weighted by molar-refractivity contribution is -0.238. The SMILES string of the molecule is COc1cc(C=CC(=O)OC2C(O)CC3(C)C(CCC4(C)C3CC=C3C5CC(C)(C)CCC5(C(=O)O)CCC34C)C2(C)C)ccc1O. The van der Waals surface area contributed by atoms with Crippen LogP contribution in [-0.2, 0) is 14.3 Å². The van der Waals surface area contributed by atoms with E-state index in [0.717, 1.165) is 51.4 Å². The predicted octanol–water partition coefficient (Wildman–Crippen LogP) is 8.18. The molecule has 0 radical (unpaired) electrons. The van der Waals surface area contributed by atoms with Crippen molar-refractivity contribution in [2.75, 3.05) is 7.11 Å². The summed E-state index contributed by atoms with van der Waals surface area (Å²) in [5.41, 5.74) is 0.812. The van der Waals surface area contributed by atoms with E-state index in [-0.39, 0.29) is 39.2 Å². The zero-order valence-corrected chi connectivity index (χ0v) is 29.7. The van der Waals surface area contributed by atoms with Crippen LogP contribution in [0.25, 0.3) is 6.08 Å². The van der Waals surface area contributed by atoms with Gasteiger partial charge in [0.1, 0.15) is 6.10 Å². The average molecular weight is 649 g/mol. The number of esters is 1. The van der Waals surface area contributed by atoms with Crippen LogP contribution in [0, 0.1) is 50.2 Å². The van der Waals surface area contributed by atoms with Gasteiger partial charge < -0.3 is 24.8 Å². The van der Waals surface area contributed by atoms with Crippen molar-refractivity contribution in [3.63, 3.8) is 0 Å². The lowest BCUT2D eigenvalue weighted by Crippen LogP contribution is -2.67. The Kier molecular flexibility index (Phi) is 8.06. The van der Waals surface area contributed by atoms with Gasteiger partial charge >= 0.3 is 11.9 Å². The van der Waals surface area contributed by atoms with Crippen molar-refractivity contribution in [3.05, 3.63) is 41.5 Å². The van der Waals surface area contributed by atoms with Crippen LogP contribution < -0.4 is 4.74 Å². The highest BCUT2D eigenvalue weighted by atomic mass is 16.6. The minimum Gasteiger partial charge on any atom is -0.504 e. The number of carbonyl (C=O) groups is 2. The van der Waals surface area contributed by atoms with E-state index in [2.05, 4.69) is 54.5 Å². The first kappa shape index (κ1) is 34.1. The molecule has 6 rings (SSSR count). The highest BCUT2D eigenvalue weighted by Crippen LogP contribution is 2.75. The fourth-order valence-corrected chi connectivity index (χ4v) is 12.1. The Morgan fingerprint density at radius 3 is 2.32 bits per heavy atom. The number of phenolic OH excluding ortho intramolecular Hbond substituents is 1. The Labute approximate surface area is 280 Å². The smallest absolute Gasteiger partial charge is 0.331 e. The summed E-state index contributed by atoms with van der Waals surface area (Å²) in [7, 11) is 1.48. The van der Waals surface area contributed by atoms with Gasteiger partial charge in [0.25, 0.3) is 0 Å². The molecule has 1 aromatic carbocycles. The number of allylic oxidation sites excluding steroid dienone is 2. The number of fused-ring (bicyclic) bond motifs is 7. The Bertz CT molecular complexity index is 1510. The van der Waals surface area contributed by atoms with Crippen molar-refractivity contribution >= 4 is 18.0 Å². The zero-order valence-electron chi connectivity index (χ0n) is 29.7. The van der Waals surface area contributed by atoms with Crippen molar-refractivity contribution in [3.8, 4) is 11.5 Å². The lowest BCUT2D eigenvalue weighted by Gasteiger charge is -2.71. The van der Waals surface area contributed by atoms with E-state index in [1.165, 1.54) is 24.8 Å². The summed E-state index contributed by atoms with van der Waals surface area (Å²) >= 11 is 0. The van der Waals surface area contributed by atoms with E-state index in [1.54, 1.807) is 18.2 Å². The number of rotatable bonds is 5. The Hall–Kier alpha value is -2.80. The maximum Gasteiger partial charge on any atom is 0.331 e. The number of ether oxygens (including phenoxy) is 2. The van der Waals surface area contributed by atoms with Gasteiger partial charge in [0.2, 0.25) is 0 Å². The third-order valence-corrected chi connectivity index (χ3v) is 14.8. The minimum atomic E-state index is -0.803. The monoisotopic (exact) mass is 648 g/mol. The van der Waals surface area contributed by atoms with Gasteiger partial charge in [-0.2, -0.15) is 0 Å². The summed E-state index contributed by atoms with van der Waals surface area (Å²) in [6, 6.07) is 4.86. The van der Waals surface area contributed by atoms with Gasteiger partial charge in [-0.05, 0) is 121 Å². The second-order valence-electron chi connectivity index (χ2n) is 17.9. The van der Waals surface area contributed by atoms with Gasteiger partial charge in [0.15, 0.2) is 11.5 Å².